The van der Waals surface area contributed by atoms with Gasteiger partial charge in [-0.15, -0.1) is 0 Å². The van der Waals surface area contributed by atoms with E-state index in [-0.39, 0.29) is 0 Å². The number of anilines is 2. The summed E-state index contributed by atoms with van der Waals surface area (Å²) in [5.41, 5.74) is 12.7. The fourth-order valence-electron chi connectivity index (χ4n) is 2.00. The van der Waals surface area contributed by atoms with Crippen molar-refractivity contribution in [2.75, 3.05) is 11.5 Å². The molecule has 0 atom stereocenters. The minimum Gasteiger partial charge on any atom is -0.457 e. The topological polar surface area (TPSA) is 70.5 Å². The second kappa shape index (κ2) is 6.62. The summed E-state index contributed by atoms with van der Waals surface area (Å²) in [6, 6.07) is 20.0. The Balaban J connectivity index is 1.81. The van der Waals surface area contributed by atoms with Gasteiger partial charge in [-0.2, -0.15) is 0 Å². The zero-order valence-electron chi connectivity index (χ0n) is 12.2. The molecule has 0 saturated heterocycles. The summed E-state index contributed by atoms with van der Waals surface area (Å²) in [7, 11) is 0. The Labute approximate surface area is 142 Å². The van der Waals surface area contributed by atoms with Crippen LogP contribution >= 0.6 is 15.9 Å². The van der Waals surface area contributed by atoms with E-state index >= 15 is 0 Å². The molecular weight excluding hydrogens is 356 g/mol. The third-order valence-corrected chi connectivity index (χ3v) is 3.53. The van der Waals surface area contributed by atoms with Gasteiger partial charge in [-0.1, -0.05) is 15.9 Å². The lowest BCUT2D eigenvalue weighted by atomic mass is 10.3. The predicted molar refractivity (Wildman–Crippen MR) is 96.0 cm³/mol. The standard InChI is InChI=1S/C18H15BrN2O2/c19-12-9-17(22-15-5-1-13(20)2-6-15)11-18(10-12)23-16-7-3-14(21)4-8-16/h1-11H,20-21H2. The molecule has 0 fully saturated rings. The maximum absolute atomic E-state index is 5.83. The summed E-state index contributed by atoms with van der Waals surface area (Å²) in [4.78, 5) is 0. The molecule has 0 bridgehead atoms. The van der Waals surface area contributed by atoms with Gasteiger partial charge in [0.15, 0.2) is 0 Å². The highest BCUT2D eigenvalue weighted by Crippen LogP contribution is 2.32. The Morgan fingerprint density at radius 2 is 0.957 bits per heavy atom. The summed E-state index contributed by atoms with van der Waals surface area (Å²) in [6.07, 6.45) is 0. The second-order valence-electron chi connectivity index (χ2n) is 4.96. The van der Waals surface area contributed by atoms with E-state index in [1.54, 1.807) is 24.3 Å². The quantitative estimate of drug-likeness (QED) is 0.619. The smallest absolute Gasteiger partial charge is 0.132 e. The number of hydrogen-bond donors (Lipinski definition) is 2. The normalized spacial score (nSPS) is 10.3. The van der Waals surface area contributed by atoms with Crippen LogP contribution in [0.1, 0.15) is 0 Å². The number of hydrogen-bond acceptors (Lipinski definition) is 4. The summed E-state index contributed by atoms with van der Waals surface area (Å²) in [5.74, 6) is 2.73. The van der Waals surface area contributed by atoms with Gasteiger partial charge in [0.25, 0.3) is 0 Å². The molecule has 0 spiro atoms. The van der Waals surface area contributed by atoms with Crippen LogP contribution in [0.3, 0.4) is 0 Å². The summed E-state index contributed by atoms with van der Waals surface area (Å²) in [5, 5.41) is 0. The van der Waals surface area contributed by atoms with Crippen LogP contribution in [0.25, 0.3) is 0 Å². The van der Waals surface area contributed by atoms with Gasteiger partial charge >= 0.3 is 0 Å². The van der Waals surface area contributed by atoms with Crippen molar-refractivity contribution in [1.29, 1.82) is 0 Å². The fraction of sp³-hybridized carbons (Fsp3) is 0. The molecule has 3 aromatic carbocycles. The first-order valence-electron chi connectivity index (χ1n) is 6.96. The highest BCUT2D eigenvalue weighted by Gasteiger charge is 2.05. The summed E-state index contributed by atoms with van der Waals surface area (Å²) < 4.78 is 12.5. The minimum atomic E-state index is 0.662. The van der Waals surface area contributed by atoms with E-state index in [0.29, 0.717) is 34.4 Å². The first kappa shape index (κ1) is 15.2. The van der Waals surface area contributed by atoms with Crippen molar-refractivity contribution in [1.82, 2.24) is 0 Å². The first-order chi connectivity index (χ1) is 11.1. The molecule has 3 aromatic rings. The zero-order chi connectivity index (χ0) is 16.2. The lowest BCUT2D eigenvalue weighted by Crippen LogP contribution is -1.89. The minimum absolute atomic E-state index is 0.662. The lowest BCUT2D eigenvalue weighted by molar-refractivity contribution is 0.460. The molecule has 0 radical (unpaired) electrons. The number of ether oxygens (including phenoxy) is 2. The molecular formula is C18H15BrN2O2. The van der Waals surface area contributed by atoms with Gasteiger partial charge in [-0.25, -0.2) is 0 Å². The van der Waals surface area contributed by atoms with Gasteiger partial charge in [0.1, 0.15) is 23.0 Å². The van der Waals surface area contributed by atoms with Crippen LogP contribution in [0.15, 0.2) is 71.2 Å². The van der Waals surface area contributed by atoms with E-state index in [4.69, 9.17) is 20.9 Å². The molecule has 0 aliphatic rings. The molecule has 0 aromatic heterocycles. The van der Waals surface area contributed by atoms with Crippen LogP contribution in [0.2, 0.25) is 0 Å². The molecule has 0 unspecified atom stereocenters. The highest BCUT2D eigenvalue weighted by atomic mass is 79.9. The Hall–Kier alpha value is -2.66. The summed E-state index contributed by atoms with van der Waals surface area (Å²) in [6.45, 7) is 0. The monoisotopic (exact) mass is 370 g/mol. The number of rotatable bonds is 4. The average molecular weight is 371 g/mol. The van der Waals surface area contributed by atoms with Gasteiger partial charge in [-0.3, -0.25) is 0 Å². The Bertz CT molecular complexity index is 737. The third kappa shape index (κ3) is 4.17. The van der Waals surface area contributed by atoms with Crippen molar-refractivity contribution < 1.29 is 9.47 Å². The molecule has 4 nitrogen and oxygen atoms in total. The predicted octanol–water partition coefficient (Wildman–Crippen LogP) is 5.20. The Morgan fingerprint density at radius 1 is 0.565 bits per heavy atom. The van der Waals surface area contributed by atoms with Crippen molar-refractivity contribution >= 4 is 27.3 Å². The maximum Gasteiger partial charge on any atom is 0.132 e. The first-order valence-corrected chi connectivity index (χ1v) is 7.75. The molecule has 0 aliphatic carbocycles. The van der Waals surface area contributed by atoms with Crippen molar-refractivity contribution in [3.05, 3.63) is 71.2 Å². The largest absolute Gasteiger partial charge is 0.457 e. The number of benzene rings is 3. The molecule has 116 valence electrons. The Kier molecular flexibility index (Phi) is 4.39. The van der Waals surface area contributed by atoms with Crippen molar-refractivity contribution in [2.45, 2.75) is 0 Å². The molecule has 23 heavy (non-hydrogen) atoms. The highest BCUT2D eigenvalue weighted by molar-refractivity contribution is 9.10. The van der Waals surface area contributed by atoms with Crippen LogP contribution in [0, 0.1) is 0 Å². The zero-order valence-corrected chi connectivity index (χ0v) is 13.8. The number of halogens is 1. The van der Waals surface area contributed by atoms with Gasteiger partial charge in [0.2, 0.25) is 0 Å². The van der Waals surface area contributed by atoms with E-state index in [9.17, 15) is 0 Å². The van der Waals surface area contributed by atoms with Gasteiger partial charge in [-0.05, 0) is 60.7 Å². The third-order valence-electron chi connectivity index (χ3n) is 3.08. The number of nitrogens with two attached hydrogens (primary N) is 2. The van der Waals surface area contributed by atoms with E-state index in [1.807, 2.05) is 42.5 Å². The fourth-order valence-corrected chi connectivity index (χ4v) is 2.45. The number of nitrogen functional groups attached to an aromatic ring is 2. The SMILES string of the molecule is Nc1ccc(Oc2cc(Br)cc(Oc3ccc(N)cc3)c2)cc1. The van der Waals surface area contributed by atoms with Crippen molar-refractivity contribution in [2.24, 2.45) is 0 Å². The average Bonchev–Trinajstić information content (AvgIpc) is 2.51. The molecule has 5 heteroatoms. The van der Waals surface area contributed by atoms with E-state index < -0.39 is 0 Å². The molecule has 0 aliphatic heterocycles. The second-order valence-corrected chi connectivity index (χ2v) is 5.88. The van der Waals surface area contributed by atoms with E-state index in [1.165, 1.54) is 0 Å². The van der Waals surface area contributed by atoms with E-state index in [2.05, 4.69) is 15.9 Å². The van der Waals surface area contributed by atoms with Crippen LogP contribution in [0.4, 0.5) is 11.4 Å². The van der Waals surface area contributed by atoms with E-state index in [0.717, 1.165) is 4.47 Å². The van der Waals surface area contributed by atoms with Crippen LogP contribution < -0.4 is 20.9 Å². The maximum atomic E-state index is 5.83. The molecule has 4 N–H and O–H groups in total. The summed E-state index contributed by atoms with van der Waals surface area (Å²) >= 11 is 3.46. The molecule has 0 heterocycles. The Morgan fingerprint density at radius 3 is 1.35 bits per heavy atom. The van der Waals surface area contributed by atoms with Gasteiger partial charge in [0, 0.05) is 21.9 Å². The van der Waals surface area contributed by atoms with Crippen molar-refractivity contribution in [3.8, 4) is 23.0 Å². The lowest BCUT2D eigenvalue weighted by Gasteiger charge is -2.10. The van der Waals surface area contributed by atoms with Crippen LogP contribution in [-0.4, -0.2) is 0 Å². The van der Waals surface area contributed by atoms with Gasteiger partial charge in [0.05, 0.1) is 0 Å². The van der Waals surface area contributed by atoms with Crippen LogP contribution in [-0.2, 0) is 0 Å². The van der Waals surface area contributed by atoms with Crippen molar-refractivity contribution in [3.63, 3.8) is 0 Å². The molecule has 0 amide bonds. The van der Waals surface area contributed by atoms with Gasteiger partial charge < -0.3 is 20.9 Å². The van der Waals surface area contributed by atoms with Crippen LogP contribution in [0.5, 0.6) is 23.0 Å². The molecule has 3 rings (SSSR count). The molecule has 0 saturated carbocycles.